The van der Waals surface area contributed by atoms with Crippen LogP contribution in [0.2, 0.25) is 0 Å². The van der Waals surface area contributed by atoms with Gasteiger partial charge in [0.05, 0.1) is 25.3 Å². The number of rotatable bonds is 6. The number of H-pyrrole nitrogens is 1. The van der Waals surface area contributed by atoms with Gasteiger partial charge in [-0.2, -0.15) is 10.2 Å². The molecule has 0 saturated carbocycles. The van der Waals surface area contributed by atoms with Gasteiger partial charge in [-0.05, 0) is 53.6 Å². The van der Waals surface area contributed by atoms with Crippen LogP contribution in [0.3, 0.4) is 0 Å². The lowest BCUT2D eigenvalue weighted by atomic mass is 10.1. The van der Waals surface area contributed by atoms with Crippen molar-refractivity contribution in [1.29, 1.82) is 5.26 Å². The first-order chi connectivity index (χ1) is 20.2. The van der Waals surface area contributed by atoms with Crippen LogP contribution in [0.4, 0.5) is 24.8 Å². The summed E-state index contributed by atoms with van der Waals surface area (Å²) in [5.41, 5.74) is -0.967. The molecule has 0 atom stereocenters. The van der Waals surface area contributed by atoms with Crippen LogP contribution in [-0.2, 0) is 19.5 Å². The Morgan fingerprint density at radius 3 is 2.57 bits per heavy atom. The Kier molecular flexibility index (Phi) is 6.54. The molecule has 0 saturated heterocycles. The maximum atomic E-state index is 14.0. The average Bonchev–Trinajstić information content (AvgIpc) is 3.44. The number of halogens is 3. The topological polar surface area (TPSA) is 148 Å². The Morgan fingerprint density at radius 2 is 1.81 bits per heavy atom. The van der Waals surface area contributed by atoms with E-state index in [4.69, 9.17) is 10.00 Å². The number of aromatic nitrogens is 5. The van der Waals surface area contributed by atoms with Crippen LogP contribution < -0.4 is 27.0 Å². The second kappa shape index (κ2) is 10.4. The third-order valence-corrected chi connectivity index (χ3v) is 6.71. The monoisotopic (exact) mass is 573 g/mol. The quantitative estimate of drug-likeness (QED) is 0.295. The van der Waals surface area contributed by atoms with Crippen molar-refractivity contribution in [2.45, 2.75) is 19.5 Å². The van der Waals surface area contributed by atoms with Gasteiger partial charge in [-0.25, -0.2) is 32.3 Å². The van der Waals surface area contributed by atoms with Gasteiger partial charge in [-0.15, -0.1) is 0 Å². The molecule has 3 aromatic heterocycles. The Bertz CT molecular complexity index is 2110. The molecule has 0 unspecified atom stereocenters. The first-order valence-electron chi connectivity index (χ1n) is 12.5. The minimum Gasteiger partial charge on any atom is -0.493 e. The van der Waals surface area contributed by atoms with Crippen molar-refractivity contribution in [2.24, 2.45) is 0 Å². The molecule has 1 aliphatic heterocycles. The lowest BCUT2D eigenvalue weighted by molar-refractivity contribution is 0.357. The van der Waals surface area contributed by atoms with Crippen molar-refractivity contribution < 1.29 is 17.9 Å². The molecule has 0 amide bonds. The third kappa shape index (κ3) is 4.87. The molecule has 0 aliphatic carbocycles. The van der Waals surface area contributed by atoms with E-state index in [9.17, 15) is 27.6 Å². The maximum absolute atomic E-state index is 14.0. The van der Waals surface area contributed by atoms with Gasteiger partial charge in [0.1, 0.15) is 17.5 Å². The zero-order valence-corrected chi connectivity index (χ0v) is 21.5. The third-order valence-electron chi connectivity index (χ3n) is 6.71. The minimum absolute atomic E-state index is 0.00913. The molecule has 2 N–H and O–H groups in total. The van der Waals surface area contributed by atoms with Gasteiger partial charge < -0.3 is 15.0 Å². The van der Waals surface area contributed by atoms with E-state index in [1.165, 1.54) is 18.3 Å². The number of anilines is 2. The van der Waals surface area contributed by atoms with Crippen molar-refractivity contribution in [3.8, 4) is 11.8 Å². The Balaban J connectivity index is 1.46. The van der Waals surface area contributed by atoms with E-state index in [0.717, 1.165) is 22.3 Å². The number of fused-ring (bicyclic) bond motifs is 2. The summed E-state index contributed by atoms with van der Waals surface area (Å²) in [5.74, 6) is -4.14. The van der Waals surface area contributed by atoms with Gasteiger partial charge >= 0.3 is 11.4 Å². The lowest BCUT2D eigenvalue weighted by Crippen LogP contribution is -2.43. The summed E-state index contributed by atoms with van der Waals surface area (Å²) in [7, 11) is 0. The number of benzene rings is 2. The van der Waals surface area contributed by atoms with Gasteiger partial charge in [-0.1, -0.05) is 0 Å². The number of pyridine rings is 2. The Labute approximate surface area is 233 Å². The van der Waals surface area contributed by atoms with Crippen molar-refractivity contribution in [3.05, 3.63) is 120 Å². The fraction of sp³-hybridized carbons (Fsp3) is 0.143. The van der Waals surface area contributed by atoms with E-state index in [2.05, 4.69) is 20.3 Å². The lowest BCUT2D eigenvalue weighted by Gasteiger charge is -2.16. The van der Waals surface area contributed by atoms with Crippen LogP contribution in [0.5, 0.6) is 5.75 Å². The summed E-state index contributed by atoms with van der Waals surface area (Å²) in [5, 5.41) is 12.5. The highest BCUT2D eigenvalue weighted by atomic mass is 19.2. The number of ether oxygens (including phenoxy) is 1. The number of nitrogens with zero attached hydrogens (tertiary/aromatic N) is 5. The van der Waals surface area contributed by atoms with Crippen LogP contribution in [0, 0.1) is 28.8 Å². The molecular weight excluding hydrogens is 555 g/mol. The summed E-state index contributed by atoms with van der Waals surface area (Å²) in [6.07, 6.45) is 1.93. The van der Waals surface area contributed by atoms with Crippen molar-refractivity contribution in [2.75, 3.05) is 11.9 Å². The first-order valence-corrected chi connectivity index (χ1v) is 12.5. The first kappa shape index (κ1) is 26.5. The van der Waals surface area contributed by atoms with Crippen molar-refractivity contribution >= 4 is 22.7 Å². The zero-order valence-electron chi connectivity index (χ0n) is 21.5. The molecule has 5 aromatic rings. The second-order valence-electron chi connectivity index (χ2n) is 9.49. The smallest absolute Gasteiger partial charge is 0.355 e. The normalized spacial score (nSPS) is 12.1. The van der Waals surface area contributed by atoms with Crippen LogP contribution in [0.25, 0.3) is 11.0 Å². The number of hydrogen-bond donors (Lipinski definition) is 2. The van der Waals surface area contributed by atoms with Crippen molar-refractivity contribution in [3.63, 3.8) is 0 Å². The zero-order chi connectivity index (χ0) is 29.5. The Morgan fingerprint density at radius 1 is 1.02 bits per heavy atom. The van der Waals surface area contributed by atoms with E-state index < -0.39 is 47.5 Å². The summed E-state index contributed by atoms with van der Waals surface area (Å²) in [6, 6.07) is 11.4. The fourth-order valence-corrected chi connectivity index (χ4v) is 4.66. The van der Waals surface area contributed by atoms with E-state index in [1.54, 1.807) is 18.2 Å². The summed E-state index contributed by atoms with van der Waals surface area (Å²) < 4.78 is 48.7. The van der Waals surface area contributed by atoms with E-state index in [0.29, 0.717) is 34.4 Å². The molecule has 2 aromatic carbocycles. The molecule has 0 fully saturated rings. The van der Waals surface area contributed by atoms with Gasteiger partial charge in [0, 0.05) is 29.3 Å². The number of nitriles is 1. The molecule has 210 valence electrons. The molecule has 0 spiro atoms. The number of aromatic amines is 1. The van der Waals surface area contributed by atoms with Crippen molar-refractivity contribution in [1.82, 2.24) is 24.1 Å². The molecule has 0 bridgehead atoms. The van der Waals surface area contributed by atoms with Crippen LogP contribution >= 0.6 is 0 Å². The predicted molar refractivity (Wildman–Crippen MR) is 143 cm³/mol. The molecule has 11 nitrogen and oxygen atoms in total. The molecule has 0 radical (unpaired) electrons. The standard InChI is InChI=1S/C28H18F3N7O4/c29-20-6-14(7-21(30)23(20)31)12-37-26(34-19-1-2-22-16(9-19)3-4-42-22)36-27(40)38(28(37)41)13-18-8-17-5-15(10-32)11-33-24(17)35-25(18)39/h1-2,5-9,11H,3-4,12-13H2,(H,33,35,39)(H,34,36,40). The van der Waals surface area contributed by atoms with E-state index in [1.807, 2.05) is 6.07 Å². The van der Waals surface area contributed by atoms with Crippen LogP contribution in [0.15, 0.2) is 63.0 Å². The van der Waals surface area contributed by atoms with E-state index in [-0.39, 0.29) is 28.3 Å². The van der Waals surface area contributed by atoms with Gasteiger partial charge in [0.2, 0.25) is 5.95 Å². The number of nitrogens with one attached hydrogen (secondary N) is 2. The second-order valence-corrected chi connectivity index (χ2v) is 9.49. The molecule has 4 heterocycles. The van der Waals surface area contributed by atoms with Gasteiger partial charge in [0.25, 0.3) is 5.56 Å². The van der Waals surface area contributed by atoms with Gasteiger partial charge in [-0.3, -0.25) is 9.36 Å². The van der Waals surface area contributed by atoms with Crippen LogP contribution in [-0.4, -0.2) is 30.7 Å². The largest absolute Gasteiger partial charge is 0.493 e. The highest BCUT2D eigenvalue weighted by Gasteiger charge is 2.19. The number of hydrogen-bond acceptors (Lipinski definition) is 8. The van der Waals surface area contributed by atoms with Crippen LogP contribution in [0.1, 0.15) is 22.3 Å². The Hall–Kier alpha value is -5.71. The fourth-order valence-electron chi connectivity index (χ4n) is 4.66. The molecule has 6 rings (SSSR count). The molecule has 1 aliphatic rings. The SMILES string of the molecule is N#Cc1cnc2[nH]c(=O)c(Cn3c(=O)nc(Nc4ccc5c(c4)CCO5)n(Cc4cc(F)c(F)c(F)c4)c3=O)cc2c1. The highest BCUT2D eigenvalue weighted by Crippen LogP contribution is 2.29. The summed E-state index contributed by atoms with van der Waals surface area (Å²) in [6.45, 7) is -0.517. The van der Waals surface area contributed by atoms with Gasteiger partial charge in [0.15, 0.2) is 17.5 Å². The summed E-state index contributed by atoms with van der Waals surface area (Å²) >= 11 is 0. The summed E-state index contributed by atoms with van der Waals surface area (Å²) in [4.78, 5) is 50.1. The molecule has 14 heteroatoms. The highest BCUT2D eigenvalue weighted by molar-refractivity contribution is 5.76. The average molecular weight is 573 g/mol. The molecular formula is C28H18F3N7O4. The minimum atomic E-state index is -1.67. The maximum Gasteiger partial charge on any atom is 0.355 e. The van der Waals surface area contributed by atoms with E-state index >= 15 is 0 Å². The molecule has 42 heavy (non-hydrogen) atoms. The predicted octanol–water partition coefficient (Wildman–Crippen LogP) is 2.71.